The van der Waals surface area contributed by atoms with Gasteiger partial charge in [-0.2, -0.15) is 0 Å². The van der Waals surface area contributed by atoms with E-state index in [9.17, 15) is 4.39 Å². The van der Waals surface area contributed by atoms with Crippen molar-refractivity contribution in [2.45, 2.75) is 31.1 Å². The first-order chi connectivity index (χ1) is 4.86. The predicted octanol–water partition coefficient (Wildman–Crippen LogP) is 0.475. The molecule has 0 saturated carbocycles. The minimum atomic E-state index is -0.684. The summed E-state index contributed by atoms with van der Waals surface area (Å²) in [6, 6.07) is 0.401. The molecule has 2 aliphatic heterocycles. The Morgan fingerprint density at radius 1 is 1.30 bits per heavy atom. The molecule has 1 N–H and O–H groups in total. The summed E-state index contributed by atoms with van der Waals surface area (Å²) in [7, 11) is 0. The molecular formula is C7H12FNO. The normalized spacial score (nSPS) is 47.1. The van der Waals surface area contributed by atoms with Crippen molar-refractivity contribution in [1.29, 1.82) is 0 Å². The van der Waals surface area contributed by atoms with Crippen molar-refractivity contribution in [2.24, 2.45) is 0 Å². The molecule has 2 aliphatic rings. The van der Waals surface area contributed by atoms with Crippen LogP contribution in [0.25, 0.3) is 0 Å². The van der Waals surface area contributed by atoms with Crippen LogP contribution in [0, 0.1) is 0 Å². The van der Waals surface area contributed by atoms with E-state index in [1.165, 1.54) is 0 Å². The lowest BCUT2D eigenvalue weighted by molar-refractivity contribution is -0.00893. The minimum absolute atomic E-state index is 0.0208. The molecule has 0 aliphatic carbocycles. The predicted molar refractivity (Wildman–Crippen MR) is 35.7 cm³/mol. The highest BCUT2D eigenvalue weighted by molar-refractivity contribution is 4.89. The first-order valence-electron chi connectivity index (χ1n) is 3.84. The van der Waals surface area contributed by atoms with E-state index in [0.717, 1.165) is 13.0 Å². The Kier molecular flexibility index (Phi) is 1.62. The van der Waals surface area contributed by atoms with E-state index in [1.807, 2.05) is 0 Å². The van der Waals surface area contributed by atoms with Gasteiger partial charge in [-0.3, -0.25) is 0 Å². The van der Waals surface area contributed by atoms with Crippen LogP contribution in [0.2, 0.25) is 0 Å². The van der Waals surface area contributed by atoms with E-state index in [-0.39, 0.29) is 6.04 Å². The molecule has 0 unspecified atom stereocenters. The number of nitrogens with one attached hydrogen (secondary N) is 1. The van der Waals surface area contributed by atoms with Gasteiger partial charge in [-0.05, 0) is 12.8 Å². The van der Waals surface area contributed by atoms with Gasteiger partial charge in [0.2, 0.25) is 0 Å². The molecule has 58 valence electrons. The zero-order valence-corrected chi connectivity index (χ0v) is 5.85. The Morgan fingerprint density at radius 2 is 2.20 bits per heavy atom. The van der Waals surface area contributed by atoms with Crippen LogP contribution in [0.5, 0.6) is 0 Å². The molecule has 3 heteroatoms. The molecule has 0 aromatic heterocycles. The summed E-state index contributed by atoms with van der Waals surface area (Å²) in [5.74, 6) is 0. The number of fused-ring (bicyclic) bond motifs is 2. The van der Waals surface area contributed by atoms with Gasteiger partial charge in [0.15, 0.2) is 0 Å². The number of ether oxygens (including phenoxy) is 1. The Labute approximate surface area is 59.7 Å². The summed E-state index contributed by atoms with van der Waals surface area (Å²) >= 11 is 0. The number of piperidine rings is 1. The van der Waals surface area contributed by atoms with Crippen molar-refractivity contribution in [3.05, 3.63) is 0 Å². The largest absolute Gasteiger partial charge is 0.378 e. The molecule has 2 rings (SSSR count). The van der Waals surface area contributed by atoms with Crippen molar-refractivity contribution in [3.63, 3.8) is 0 Å². The maximum Gasteiger partial charge on any atom is 0.118 e. The van der Waals surface area contributed by atoms with Crippen LogP contribution in [0.15, 0.2) is 0 Å². The Hall–Kier alpha value is -0.150. The van der Waals surface area contributed by atoms with Crippen LogP contribution >= 0.6 is 0 Å². The number of hydrogen-bond donors (Lipinski definition) is 1. The second kappa shape index (κ2) is 2.47. The molecular weight excluding hydrogens is 133 g/mol. The fourth-order valence-corrected chi connectivity index (χ4v) is 1.67. The summed E-state index contributed by atoms with van der Waals surface area (Å²) in [5.41, 5.74) is 0. The number of alkyl halides is 1. The van der Waals surface area contributed by atoms with Crippen LogP contribution in [0.4, 0.5) is 4.39 Å². The van der Waals surface area contributed by atoms with Crippen molar-refractivity contribution in [1.82, 2.24) is 5.32 Å². The second-order valence-corrected chi connectivity index (χ2v) is 3.10. The topological polar surface area (TPSA) is 21.3 Å². The van der Waals surface area contributed by atoms with Gasteiger partial charge >= 0.3 is 0 Å². The molecule has 0 aromatic carbocycles. The third-order valence-corrected chi connectivity index (χ3v) is 2.29. The van der Waals surface area contributed by atoms with Crippen LogP contribution < -0.4 is 5.32 Å². The molecule has 10 heavy (non-hydrogen) atoms. The van der Waals surface area contributed by atoms with Crippen LogP contribution in [-0.4, -0.2) is 31.5 Å². The lowest BCUT2D eigenvalue weighted by Gasteiger charge is -2.37. The smallest absolute Gasteiger partial charge is 0.118 e. The van der Waals surface area contributed by atoms with E-state index < -0.39 is 6.17 Å². The zero-order chi connectivity index (χ0) is 6.97. The number of morpholine rings is 1. The lowest BCUT2D eigenvalue weighted by Crippen LogP contribution is -2.56. The highest BCUT2D eigenvalue weighted by atomic mass is 19.1. The number of rotatable bonds is 0. The van der Waals surface area contributed by atoms with Crippen molar-refractivity contribution in [3.8, 4) is 0 Å². The van der Waals surface area contributed by atoms with Gasteiger partial charge in [0, 0.05) is 6.04 Å². The average molecular weight is 145 g/mol. The summed E-state index contributed by atoms with van der Waals surface area (Å²) in [5, 5.41) is 3.20. The maximum atomic E-state index is 12.9. The van der Waals surface area contributed by atoms with Crippen molar-refractivity contribution in [2.75, 3.05) is 13.2 Å². The molecule has 2 fully saturated rings. The van der Waals surface area contributed by atoms with Gasteiger partial charge in [0.05, 0.1) is 19.3 Å². The summed E-state index contributed by atoms with van der Waals surface area (Å²) < 4.78 is 18.1. The summed E-state index contributed by atoms with van der Waals surface area (Å²) in [6.45, 7) is 1.32. The van der Waals surface area contributed by atoms with Crippen LogP contribution in [-0.2, 0) is 4.74 Å². The molecule has 2 heterocycles. The Bertz CT molecular complexity index is 129. The van der Waals surface area contributed by atoms with E-state index in [4.69, 9.17) is 4.74 Å². The maximum absolute atomic E-state index is 12.9. The molecule has 2 nitrogen and oxygen atoms in total. The molecule has 2 saturated heterocycles. The first kappa shape index (κ1) is 6.55. The van der Waals surface area contributed by atoms with Crippen LogP contribution in [0.1, 0.15) is 12.8 Å². The van der Waals surface area contributed by atoms with Crippen molar-refractivity contribution < 1.29 is 9.13 Å². The standard InChI is InChI=1S/C7H12FNO/c8-6-2-1-5-3-10-4-7(6)9-5/h5-7,9H,1-4H2/t5-,6-,7-/m1/s1. The zero-order valence-electron chi connectivity index (χ0n) is 5.85. The molecule has 0 amide bonds. The number of hydrogen-bond acceptors (Lipinski definition) is 2. The summed E-state index contributed by atoms with van der Waals surface area (Å²) in [4.78, 5) is 0. The van der Waals surface area contributed by atoms with Gasteiger partial charge in [-0.25, -0.2) is 4.39 Å². The van der Waals surface area contributed by atoms with E-state index in [0.29, 0.717) is 19.1 Å². The highest BCUT2D eigenvalue weighted by Gasteiger charge is 2.33. The average Bonchev–Trinajstić information content (AvgIpc) is 1.99. The molecule has 0 spiro atoms. The quantitative estimate of drug-likeness (QED) is 0.535. The molecule has 0 radical (unpaired) electrons. The fourth-order valence-electron chi connectivity index (χ4n) is 1.67. The van der Waals surface area contributed by atoms with Gasteiger partial charge in [-0.15, -0.1) is 0 Å². The van der Waals surface area contributed by atoms with E-state index in [1.54, 1.807) is 0 Å². The third kappa shape index (κ3) is 1.04. The van der Waals surface area contributed by atoms with E-state index in [2.05, 4.69) is 5.32 Å². The SMILES string of the molecule is F[C@@H]1CC[C@@H]2COC[C@H]1N2. The lowest BCUT2D eigenvalue weighted by atomic mass is 9.96. The third-order valence-electron chi connectivity index (χ3n) is 2.29. The minimum Gasteiger partial charge on any atom is -0.378 e. The Balaban J connectivity index is 2.00. The number of halogens is 1. The highest BCUT2D eigenvalue weighted by Crippen LogP contribution is 2.20. The fraction of sp³-hybridized carbons (Fsp3) is 1.00. The van der Waals surface area contributed by atoms with Crippen LogP contribution in [0.3, 0.4) is 0 Å². The molecule has 3 atom stereocenters. The Morgan fingerprint density at radius 3 is 3.00 bits per heavy atom. The van der Waals surface area contributed by atoms with Gasteiger partial charge in [0.25, 0.3) is 0 Å². The van der Waals surface area contributed by atoms with Gasteiger partial charge in [-0.1, -0.05) is 0 Å². The van der Waals surface area contributed by atoms with Gasteiger partial charge < -0.3 is 10.1 Å². The monoisotopic (exact) mass is 145 g/mol. The summed E-state index contributed by atoms with van der Waals surface area (Å²) in [6.07, 6.45) is 0.958. The first-order valence-corrected chi connectivity index (χ1v) is 3.84. The molecule has 2 bridgehead atoms. The second-order valence-electron chi connectivity index (χ2n) is 3.10. The van der Waals surface area contributed by atoms with E-state index >= 15 is 0 Å². The van der Waals surface area contributed by atoms with Gasteiger partial charge in [0.1, 0.15) is 6.17 Å². The molecule has 0 aromatic rings. The van der Waals surface area contributed by atoms with Crippen molar-refractivity contribution >= 4 is 0 Å².